The first kappa shape index (κ1) is 11.4. The zero-order valence-electron chi connectivity index (χ0n) is 9.28. The number of nitrogen functional groups attached to an aromatic ring is 1. The van der Waals surface area contributed by atoms with Gasteiger partial charge in [0.2, 0.25) is 0 Å². The van der Waals surface area contributed by atoms with Gasteiger partial charge in [0.05, 0.1) is 24.0 Å². The van der Waals surface area contributed by atoms with Gasteiger partial charge in [0.1, 0.15) is 0 Å². The molecule has 4 nitrogen and oxygen atoms in total. The summed E-state index contributed by atoms with van der Waals surface area (Å²) in [6, 6.07) is 5.12. The van der Waals surface area contributed by atoms with Crippen molar-refractivity contribution in [2.45, 2.75) is 6.92 Å². The molecular formula is C11H16N2O2. The summed E-state index contributed by atoms with van der Waals surface area (Å²) >= 11 is 0. The monoisotopic (exact) mass is 208 g/mol. The number of hydrogen-bond acceptors (Lipinski definition) is 4. The molecule has 2 N–H and O–H groups in total. The van der Waals surface area contributed by atoms with Crippen LogP contribution in [-0.4, -0.2) is 26.7 Å². The van der Waals surface area contributed by atoms with E-state index in [1.54, 1.807) is 18.2 Å². The first-order valence-electron chi connectivity index (χ1n) is 4.79. The van der Waals surface area contributed by atoms with Crippen LogP contribution >= 0.6 is 0 Å². The summed E-state index contributed by atoms with van der Waals surface area (Å²) in [5.74, 6) is -0.347. The van der Waals surface area contributed by atoms with E-state index < -0.39 is 0 Å². The van der Waals surface area contributed by atoms with Crippen LogP contribution in [0.3, 0.4) is 0 Å². The molecular weight excluding hydrogens is 192 g/mol. The molecule has 0 fully saturated rings. The van der Waals surface area contributed by atoms with Crippen molar-refractivity contribution in [2.24, 2.45) is 0 Å². The Morgan fingerprint density at radius 2 is 2.20 bits per heavy atom. The standard InChI is InChI=1S/C11H16N2O2/c1-4-13(2)10-7-8(11(14)15-3)5-6-9(10)12/h5-7H,4,12H2,1-3H3. The molecule has 0 unspecified atom stereocenters. The maximum Gasteiger partial charge on any atom is 0.337 e. The fourth-order valence-electron chi connectivity index (χ4n) is 1.29. The number of benzene rings is 1. The minimum Gasteiger partial charge on any atom is -0.465 e. The highest BCUT2D eigenvalue weighted by molar-refractivity contribution is 5.92. The normalized spacial score (nSPS) is 9.80. The quantitative estimate of drug-likeness (QED) is 0.604. The van der Waals surface area contributed by atoms with Crippen LogP contribution < -0.4 is 10.6 Å². The molecule has 4 heteroatoms. The topological polar surface area (TPSA) is 55.6 Å². The molecule has 0 saturated heterocycles. The number of carbonyl (C=O) groups is 1. The van der Waals surface area contributed by atoms with Crippen molar-refractivity contribution in [2.75, 3.05) is 31.3 Å². The van der Waals surface area contributed by atoms with Gasteiger partial charge in [0.25, 0.3) is 0 Å². The maximum absolute atomic E-state index is 11.3. The summed E-state index contributed by atoms with van der Waals surface area (Å²) in [5, 5.41) is 0. The fraction of sp³-hybridized carbons (Fsp3) is 0.364. The third-order valence-corrected chi connectivity index (χ3v) is 2.34. The molecule has 0 heterocycles. The highest BCUT2D eigenvalue weighted by atomic mass is 16.5. The predicted octanol–water partition coefficient (Wildman–Crippen LogP) is 1.51. The molecule has 1 rings (SSSR count). The van der Waals surface area contributed by atoms with Crippen LogP contribution in [0.4, 0.5) is 11.4 Å². The fourth-order valence-corrected chi connectivity index (χ4v) is 1.29. The average molecular weight is 208 g/mol. The minimum atomic E-state index is -0.347. The van der Waals surface area contributed by atoms with Gasteiger partial charge in [-0.2, -0.15) is 0 Å². The van der Waals surface area contributed by atoms with E-state index in [1.807, 2.05) is 18.9 Å². The molecule has 0 aliphatic heterocycles. The molecule has 0 aliphatic carbocycles. The van der Waals surface area contributed by atoms with E-state index in [0.717, 1.165) is 12.2 Å². The molecule has 0 saturated carbocycles. The lowest BCUT2D eigenvalue weighted by molar-refractivity contribution is 0.0601. The first-order valence-corrected chi connectivity index (χ1v) is 4.79. The Bertz CT molecular complexity index is 364. The zero-order chi connectivity index (χ0) is 11.4. The van der Waals surface area contributed by atoms with Crippen LogP contribution in [0.25, 0.3) is 0 Å². The van der Waals surface area contributed by atoms with Crippen LogP contribution in [0.2, 0.25) is 0 Å². The van der Waals surface area contributed by atoms with Crippen molar-refractivity contribution in [3.05, 3.63) is 23.8 Å². The number of nitrogens with zero attached hydrogens (tertiary/aromatic N) is 1. The van der Waals surface area contributed by atoms with Crippen molar-refractivity contribution in [3.8, 4) is 0 Å². The van der Waals surface area contributed by atoms with Crippen LogP contribution in [0, 0.1) is 0 Å². The number of carbonyl (C=O) groups excluding carboxylic acids is 1. The molecule has 0 radical (unpaired) electrons. The number of ether oxygens (including phenoxy) is 1. The van der Waals surface area contributed by atoms with E-state index in [0.29, 0.717) is 11.3 Å². The molecule has 1 aromatic carbocycles. The zero-order valence-corrected chi connectivity index (χ0v) is 9.28. The molecule has 0 amide bonds. The van der Waals surface area contributed by atoms with Crippen LogP contribution in [-0.2, 0) is 4.74 Å². The molecule has 0 bridgehead atoms. The number of esters is 1. The molecule has 82 valence electrons. The largest absolute Gasteiger partial charge is 0.465 e. The van der Waals surface area contributed by atoms with E-state index in [-0.39, 0.29) is 5.97 Å². The summed E-state index contributed by atoms with van der Waals surface area (Å²) < 4.78 is 4.65. The van der Waals surface area contributed by atoms with Gasteiger partial charge < -0.3 is 15.4 Å². The van der Waals surface area contributed by atoms with Gasteiger partial charge in [-0.15, -0.1) is 0 Å². The third-order valence-electron chi connectivity index (χ3n) is 2.34. The highest BCUT2D eigenvalue weighted by Crippen LogP contribution is 2.23. The summed E-state index contributed by atoms with van der Waals surface area (Å²) in [4.78, 5) is 13.3. The Labute approximate surface area is 89.6 Å². The van der Waals surface area contributed by atoms with Gasteiger partial charge in [-0.3, -0.25) is 0 Å². The Kier molecular flexibility index (Phi) is 3.55. The molecule has 0 aliphatic rings. The smallest absolute Gasteiger partial charge is 0.337 e. The lowest BCUT2D eigenvalue weighted by Crippen LogP contribution is -2.18. The summed E-state index contributed by atoms with van der Waals surface area (Å²) in [7, 11) is 3.29. The second kappa shape index (κ2) is 4.68. The van der Waals surface area contributed by atoms with Crippen molar-refractivity contribution in [3.63, 3.8) is 0 Å². The van der Waals surface area contributed by atoms with Crippen LogP contribution in [0.1, 0.15) is 17.3 Å². The van der Waals surface area contributed by atoms with Gasteiger partial charge in [0, 0.05) is 13.6 Å². The Morgan fingerprint density at radius 3 is 2.73 bits per heavy atom. The van der Waals surface area contributed by atoms with E-state index in [9.17, 15) is 4.79 Å². The number of anilines is 2. The second-order valence-corrected chi connectivity index (χ2v) is 3.28. The van der Waals surface area contributed by atoms with E-state index >= 15 is 0 Å². The van der Waals surface area contributed by atoms with Gasteiger partial charge >= 0.3 is 5.97 Å². The number of methoxy groups -OCH3 is 1. The van der Waals surface area contributed by atoms with Gasteiger partial charge in [0.15, 0.2) is 0 Å². The van der Waals surface area contributed by atoms with E-state index in [1.165, 1.54) is 7.11 Å². The lowest BCUT2D eigenvalue weighted by Gasteiger charge is -2.19. The Hall–Kier alpha value is -1.71. The lowest BCUT2D eigenvalue weighted by atomic mass is 10.1. The highest BCUT2D eigenvalue weighted by Gasteiger charge is 2.10. The van der Waals surface area contributed by atoms with Crippen LogP contribution in [0.15, 0.2) is 18.2 Å². The summed E-state index contributed by atoms with van der Waals surface area (Å²) in [6.07, 6.45) is 0. The third kappa shape index (κ3) is 2.40. The summed E-state index contributed by atoms with van der Waals surface area (Å²) in [6.45, 7) is 2.85. The van der Waals surface area contributed by atoms with Crippen molar-refractivity contribution in [1.29, 1.82) is 0 Å². The summed E-state index contributed by atoms with van der Waals surface area (Å²) in [5.41, 5.74) is 7.84. The SMILES string of the molecule is CCN(C)c1cc(C(=O)OC)ccc1N. The van der Waals surface area contributed by atoms with E-state index in [2.05, 4.69) is 4.74 Å². The Morgan fingerprint density at radius 1 is 1.53 bits per heavy atom. The molecule has 0 atom stereocenters. The van der Waals surface area contributed by atoms with Gasteiger partial charge in [-0.05, 0) is 25.1 Å². The van der Waals surface area contributed by atoms with Crippen LogP contribution in [0.5, 0.6) is 0 Å². The second-order valence-electron chi connectivity index (χ2n) is 3.28. The Balaban J connectivity index is 3.10. The van der Waals surface area contributed by atoms with E-state index in [4.69, 9.17) is 5.73 Å². The average Bonchev–Trinajstić information content (AvgIpc) is 2.27. The van der Waals surface area contributed by atoms with Gasteiger partial charge in [-0.1, -0.05) is 0 Å². The number of nitrogens with two attached hydrogens (primary N) is 1. The molecule has 1 aromatic rings. The molecule has 0 aromatic heterocycles. The molecule has 0 spiro atoms. The minimum absolute atomic E-state index is 0.347. The molecule has 15 heavy (non-hydrogen) atoms. The predicted molar refractivity (Wildman–Crippen MR) is 61.1 cm³/mol. The first-order chi connectivity index (χ1) is 7.10. The van der Waals surface area contributed by atoms with Crippen molar-refractivity contribution >= 4 is 17.3 Å². The van der Waals surface area contributed by atoms with Crippen molar-refractivity contribution in [1.82, 2.24) is 0 Å². The number of rotatable bonds is 3. The number of hydrogen-bond donors (Lipinski definition) is 1. The van der Waals surface area contributed by atoms with Crippen molar-refractivity contribution < 1.29 is 9.53 Å². The van der Waals surface area contributed by atoms with Gasteiger partial charge in [-0.25, -0.2) is 4.79 Å². The maximum atomic E-state index is 11.3.